The van der Waals surface area contributed by atoms with Crippen LogP contribution in [-0.4, -0.2) is 43.8 Å². The molecule has 0 aliphatic carbocycles. The monoisotopic (exact) mass is 298 g/mol. The minimum absolute atomic E-state index is 0.165. The second kappa shape index (κ2) is 7.82. The Morgan fingerprint density at radius 1 is 1.38 bits per heavy atom. The first-order chi connectivity index (χ1) is 10.2. The first-order valence-corrected chi connectivity index (χ1v) is 7.68. The topological polar surface area (TPSA) is 24.5 Å². The van der Waals surface area contributed by atoms with Gasteiger partial charge in [-0.3, -0.25) is 4.90 Å². The van der Waals surface area contributed by atoms with Crippen molar-refractivity contribution in [2.45, 2.75) is 32.4 Å². The van der Waals surface area contributed by atoms with Crippen molar-refractivity contribution in [1.29, 1.82) is 0 Å². The molecule has 1 aromatic carbocycles. The van der Waals surface area contributed by atoms with E-state index in [2.05, 4.69) is 17.1 Å². The molecule has 0 saturated carbocycles. The molecular formula is C16H24F2N2O. The predicted molar refractivity (Wildman–Crippen MR) is 79.2 cm³/mol. The molecule has 2 unspecified atom stereocenters. The maximum Gasteiger partial charge on any atom is 0.163 e. The van der Waals surface area contributed by atoms with Crippen LogP contribution in [0.25, 0.3) is 0 Å². The van der Waals surface area contributed by atoms with Crippen LogP contribution in [0.5, 0.6) is 0 Å². The Labute approximate surface area is 125 Å². The number of benzene rings is 1. The van der Waals surface area contributed by atoms with Gasteiger partial charge in [0.05, 0.1) is 18.8 Å². The molecule has 1 aromatic rings. The summed E-state index contributed by atoms with van der Waals surface area (Å²) in [5.41, 5.74) is 0.347. The maximum absolute atomic E-state index is 14.1. The third kappa shape index (κ3) is 3.99. The van der Waals surface area contributed by atoms with Gasteiger partial charge in [0.2, 0.25) is 0 Å². The Bertz CT molecular complexity index is 454. The first kappa shape index (κ1) is 16.3. The van der Waals surface area contributed by atoms with Crippen molar-refractivity contribution in [1.82, 2.24) is 10.2 Å². The Hall–Kier alpha value is -1.04. The molecule has 2 atom stereocenters. The number of likely N-dealkylation sites (N-methyl/N-ethyl adjacent to an activating group) is 1. The average molecular weight is 298 g/mol. The molecular weight excluding hydrogens is 274 g/mol. The van der Waals surface area contributed by atoms with Crippen molar-refractivity contribution in [3.63, 3.8) is 0 Å². The van der Waals surface area contributed by atoms with Gasteiger partial charge in [-0.05, 0) is 25.6 Å². The summed E-state index contributed by atoms with van der Waals surface area (Å²) >= 11 is 0. The largest absolute Gasteiger partial charge is 0.374 e. The predicted octanol–water partition coefficient (Wildman–Crippen LogP) is 2.73. The van der Waals surface area contributed by atoms with Crippen molar-refractivity contribution < 1.29 is 13.5 Å². The number of hydrogen-bond acceptors (Lipinski definition) is 3. The number of nitrogens with zero attached hydrogens (tertiary/aromatic N) is 1. The van der Waals surface area contributed by atoms with E-state index in [0.717, 1.165) is 32.1 Å². The summed E-state index contributed by atoms with van der Waals surface area (Å²) in [5, 5.41) is 3.24. The second-order valence-electron chi connectivity index (χ2n) is 5.39. The summed E-state index contributed by atoms with van der Waals surface area (Å²) in [5.74, 6) is -1.59. The van der Waals surface area contributed by atoms with Gasteiger partial charge in [-0.15, -0.1) is 0 Å². The molecule has 21 heavy (non-hydrogen) atoms. The van der Waals surface area contributed by atoms with Crippen LogP contribution in [0.4, 0.5) is 8.78 Å². The standard InChI is InChI=1S/C16H24F2N2O/c1-3-8-20-9-10-21-14(11-20)16(19-4-2)12-6-5-7-13(17)15(12)18/h5-7,14,16,19H,3-4,8-11H2,1-2H3. The quantitative estimate of drug-likeness (QED) is 0.874. The van der Waals surface area contributed by atoms with Gasteiger partial charge in [0.1, 0.15) is 0 Å². The van der Waals surface area contributed by atoms with Gasteiger partial charge in [-0.25, -0.2) is 8.78 Å². The molecule has 0 spiro atoms. The third-order valence-corrected chi connectivity index (χ3v) is 3.83. The maximum atomic E-state index is 14.1. The van der Waals surface area contributed by atoms with Gasteiger partial charge in [-0.2, -0.15) is 0 Å². The van der Waals surface area contributed by atoms with E-state index in [1.807, 2.05) is 6.92 Å². The zero-order valence-electron chi connectivity index (χ0n) is 12.7. The Kier molecular flexibility index (Phi) is 6.08. The molecule has 1 aliphatic heterocycles. The molecule has 1 aliphatic rings. The number of rotatable bonds is 6. The smallest absolute Gasteiger partial charge is 0.163 e. The molecule has 1 heterocycles. The number of morpholine rings is 1. The van der Waals surface area contributed by atoms with Gasteiger partial charge in [0.25, 0.3) is 0 Å². The van der Waals surface area contributed by atoms with E-state index in [1.54, 1.807) is 12.1 Å². The normalized spacial score (nSPS) is 21.4. The molecule has 1 N–H and O–H groups in total. The summed E-state index contributed by atoms with van der Waals surface area (Å²) in [4.78, 5) is 2.32. The molecule has 5 heteroatoms. The fourth-order valence-corrected chi connectivity index (χ4v) is 2.87. The van der Waals surface area contributed by atoms with Crippen molar-refractivity contribution in [3.8, 4) is 0 Å². The van der Waals surface area contributed by atoms with Crippen molar-refractivity contribution >= 4 is 0 Å². The zero-order chi connectivity index (χ0) is 15.2. The highest BCUT2D eigenvalue weighted by Crippen LogP contribution is 2.26. The highest BCUT2D eigenvalue weighted by Gasteiger charge is 2.30. The Morgan fingerprint density at radius 2 is 2.19 bits per heavy atom. The summed E-state index contributed by atoms with van der Waals surface area (Å²) in [6.07, 6.45) is 0.911. The average Bonchev–Trinajstić information content (AvgIpc) is 2.49. The summed E-state index contributed by atoms with van der Waals surface area (Å²) in [6.45, 7) is 8.04. The van der Waals surface area contributed by atoms with E-state index in [0.29, 0.717) is 18.7 Å². The van der Waals surface area contributed by atoms with Gasteiger partial charge in [0.15, 0.2) is 11.6 Å². The number of halogens is 2. The summed E-state index contributed by atoms with van der Waals surface area (Å²) < 4.78 is 33.4. The molecule has 2 rings (SSSR count). The fourth-order valence-electron chi connectivity index (χ4n) is 2.87. The molecule has 0 radical (unpaired) electrons. The second-order valence-corrected chi connectivity index (χ2v) is 5.39. The van der Waals surface area contributed by atoms with Gasteiger partial charge < -0.3 is 10.1 Å². The van der Waals surface area contributed by atoms with E-state index in [-0.39, 0.29) is 12.1 Å². The van der Waals surface area contributed by atoms with Crippen molar-refractivity contribution in [3.05, 3.63) is 35.4 Å². The van der Waals surface area contributed by atoms with E-state index in [1.165, 1.54) is 0 Å². The van der Waals surface area contributed by atoms with Crippen LogP contribution in [0.1, 0.15) is 31.9 Å². The fraction of sp³-hybridized carbons (Fsp3) is 0.625. The number of hydrogen-bond donors (Lipinski definition) is 1. The summed E-state index contributed by atoms with van der Waals surface area (Å²) in [7, 11) is 0. The van der Waals surface area contributed by atoms with Crippen LogP contribution >= 0.6 is 0 Å². The molecule has 0 amide bonds. The number of ether oxygens (including phenoxy) is 1. The minimum Gasteiger partial charge on any atom is -0.374 e. The van der Waals surface area contributed by atoms with E-state index < -0.39 is 11.6 Å². The van der Waals surface area contributed by atoms with E-state index >= 15 is 0 Å². The van der Waals surface area contributed by atoms with Gasteiger partial charge in [0, 0.05) is 18.7 Å². The Morgan fingerprint density at radius 3 is 2.90 bits per heavy atom. The van der Waals surface area contributed by atoms with E-state index in [9.17, 15) is 8.78 Å². The van der Waals surface area contributed by atoms with Crippen LogP contribution in [0.3, 0.4) is 0 Å². The van der Waals surface area contributed by atoms with Crippen LogP contribution in [0, 0.1) is 11.6 Å². The first-order valence-electron chi connectivity index (χ1n) is 7.68. The molecule has 118 valence electrons. The van der Waals surface area contributed by atoms with Crippen LogP contribution in [0.2, 0.25) is 0 Å². The van der Waals surface area contributed by atoms with Crippen LogP contribution in [0.15, 0.2) is 18.2 Å². The molecule has 0 bridgehead atoms. The lowest BCUT2D eigenvalue weighted by molar-refractivity contribution is -0.0474. The van der Waals surface area contributed by atoms with Gasteiger partial charge >= 0.3 is 0 Å². The minimum atomic E-state index is -0.809. The molecule has 1 saturated heterocycles. The van der Waals surface area contributed by atoms with Crippen LogP contribution in [-0.2, 0) is 4.74 Å². The molecule has 3 nitrogen and oxygen atoms in total. The lowest BCUT2D eigenvalue weighted by Gasteiger charge is -2.37. The Balaban J connectivity index is 2.19. The van der Waals surface area contributed by atoms with Crippen molar-refractivity contribution in [2.24, 2.45) is 0 Å². The SMILES string of the molecule is CCCN1CCOC(C(NCC)c2cccc(F)c2F)C1. The van der Waals surface area contributed by atoms with Gasteiger partial charge in [-0.1, -0.05) is 26.0 Å². The highest BCUT2D eigenvalue weighted by atomic mass is 19.2. The highest BCUT2D eigenvalue weighted by molar-refractivity contribution is 5.24. The van der Waals surface area contributed by atoms with Crippen molar-refractivity contribution in [2.75, 3.05) is 32.8 Å². The molecule has 0 aromatic heterocycles. The third-order valence-electron chi connectivity index (χ3n) is 3.83. The zero-order valence-corrected chi connectivity index (χ0v) is 12.7. The van der Waals surface area contributed by atoms with E-state index in [4.69, 9.17) is 4.74 Å². The summed E-state index contributed by atoms with van der Waals surface area (Å²) in [6, 6.07) is 4.00. The van der Waals surface area contributed by atoms with Crippen LogP contribution < -0.4 is 5.32 Å². The lowest BCUT2D eigenvalue weighted by atomic mass is 9.99. The number of nitrogens with one attached hydrogen (secondary N) is 1. The lowest BCUT2D eigenvalue weighted by Crippen LogP contribution is -2.48. The molecule has 1 fully saturated rings.